The average molecular weight is 373 g/mol. The molecule has 0 saturated carbocycles. The molecule has 1 heterocycles. The normalized spacial score (nSPS) is 10.6. The monoisotopic (exact) mass is 373 g/mol. The van der Waals surface area contributed by atoms with E-state index in [1.807, 2.05) is 13.8 Å². The molecule has 2 amide bonds. The zero-order chi connectivity index (χ0) is 19.5. The van der Waals surface area contributed by atoms with Gasteiger partial charge in [-0.05, 0) is 49.2 Å². The number of nitrogens with one attached hydrogen (secondary N) is 2. The van der Waals surface area contributed by atoms with E-state index in [2.05, 4.69) is 15.8 Å². The van der Waals surface area contributed by atoms with Gasteiger partial charge in [0.2, 0.25) is 0 Å². The van der Waals surface area contributed by atoms with Gasteiger partial charge in [-0.25, -0.2) is 5.43 Å². The Morgan fingerprint density at radius 2 is 2.00 bits per heavy atom. The molecule has 2 aromatic rings. The average Bonchev–Trinajstić information content (AvgIpc) is 3.19. The van der Waals surface area contributed by atoms with Crippen LogP contribution in [-0.4, -0.2) is 31.2 Å². The summed E-state index contributed by atoms with van der Waals surface area (Å²) in [5, 5.41) is 6.23. The van der Waals surface area contributed by atoms with Gasteiger partial charge < -0.3 is 19.2 Å². The second kappa shape index (κ2) is 10.6. The molecule has 0 fully saturated rings. The van der Waals surface area contributed by atoms with Crippen LogP contribution in [0.5, 0.6) is 11.5 Å². The molecule has 0 aliphatic heterocycles. The van der Waals surface area contributed by atoms with Gasteiger partial charge in [0, 0.05) is 0 Å². The van der Waals surface area contributed by atoms with Crippen molar-refractivity contribution in [2.75, 3.05) is 13.2 Å². The molecule has 1 aromatic carbocycles. The van der Waals surface area contributed by atoms with E-state index < -0.39 is 11.8 Å². The number of hydrogen-bond acceptors (Lipinski definition) is 6. The van der Waals surface area contributed by atoms with E-state index in [0.717, 1.165) is 6.42 Å². The number of carbonyl (C=O) groups is 2. The zero-order valence-electron chi connectivity index (χ0n) is 15.4. The fourth-order valence-corrected chi connectivity index (χ4v) is 2.08. The van der Waals surface area contributed by atoms with Gasteiger partial charge in [-0.2, -0.15) is 5.10 Å². The maximum Gasteiger partial charge on any atom is 0.329 e. The SMILES string of the molecule is CCCOc1ccc(/C=N\NC(=O)C(=O)NCc2ccco2)cc1OCC. The lowest BCUT2D eigenvalue weighted by Crippen LogP contribution is -2.37. The topological polar surface area (TPSA) is 102 Å². The molecule has 2 rings (SSSR count). The number of amides is 2. The van der Waals surface area contributed by atoms with Gasteiger partial charge in [0.05, 0.1) is 32.2 Å². The Bertz CT molecular complexity index is 772. The summed E-state index contributed by atoms with van der Waals surface area (Å²) in [7, 11) is 0. The van der Waals surface area contributed by atoms with Crippen molar-refractivity contribution >= 4 is 18.0 Å². The molecule has 0 saturated heterocycles. The molecule has 0 atom stereocenters. The van der Waals surface area contributed by atoms with Gasteiger partial charge in [-0.3, -0.25) is 9.59 Å². The highest BCUT2D eigenvalue weighted by atomic mass is 16.5. The predicted molar refractivity (Wildman–Crippen MR) is 99.7 cm³/mol. The van der Waals surface area contributed by atoms with Gasteiger partial charge in [0.1, 0.15) is 5.76 Å². The van der Waals surface area contributed by atoms with E-state index in [1.54, 1.807) is 30.3 Å². The highest BCUT2D eigenvalue weighted by molar-refractivity contribution is 6.35. The summed E-state index contributed by atoms with van der Waals surface area (Å²) in [5.74, 6) is 0.121. The summed E-state index contributed by atoms with van der Waals surface area (Å²) in [6.07, 6.45) is 3.80. The van der Waals surface area contributed by atoms with E-state index in [1.165, 1.54) is 12.5 Å². The summed E-state index contributed by atoms with van der Waals surface area (Å²) < 4.78 is 16.3. The predicted octanol–water partition coefficient (Wildman–Crippen LogP) is 2.23. The van der Waals surface area contributed by atoms with E-state index in [-0.39, 0.29) is 6.54 Å². The van der Waals surface area contributed by atoms with Gasteiger partial charge in [-0.15, -0.1) is 0 Å². The standard InChI is InChI=1S/C19H23N3O5/c1-3-9-27-16-8-7-14(11-17(16)25-4-2)12-21-22-19(24)18(23)20-13-15-6-5-10-26-15/h5-8,10-12H,3-4,9,13H2,1-2H3,(H,20,23)(H,22,24)/b21-12-. The summed E-state index contributed by atoms with van der Waals surface area (Å²) in [4.78, 5) is 23.4. The summed E-state index contributed by atoms with van der Waals surface area (Å²) in [6, 6.07) is 8.70. The Morgan fingerprint density at radius 3 is 2.70 bits per heavy atom. The third-order valence-corrected chi connectivity index (χ3v) is 3.32. The first-order valence-corrected chi connectivity index (χ1v) is 8.67. The van der Waals surface area contributed by atoms with E-state index in [9.17, 15) is 9.59 Å². The van der Waals surface area contributed by atoms with Gasteiger partial charge in [0.25, 0.3) is 0 Å². The van der Waals surface area contributed by atoms with Crippen molar-refractivity contribution in [2.24, 2.45) is 5.10 Å². The highest BCUT2D eigenvalue weighted by Gasteiger charge is 2.12. The van der Waals surface area contributed by atoms with Crippen LogP contribution >= 0.6 is 0 Å². The number of ether oxygens (including phenoxy) is 2. The molecular weight excluding hydrogens is 350 g/mol. The third-order valence-electron chi connectivity index (χ3n) is 3.32. The molecular formula is C19H23N3O5. The number of nitrogens with zero attached hydrogens (tertiary/aromatic N) is 1. The van der Waals surface area contributed by atoms with Crippen molar-refractivity contribution in [2.45, 2.75) is 26.8 Å². The molecule has 27 heavy (non-hydrogen) atoms. The molecule has 0 radical (unpaired) electrons. The first-order valence-electron chi connectivity index (χ1n) is 8.67. The van der Waals surface area contributed by atoms with Crippen LogP contribution in [0.1, 0.15) is 31.6 Å². The quantitative estimate of drug-likeness (QED) is 0.399. The Balaban J connectivity index is 1.89. The smallest absolute Gasteiger partial charge is 0.329 e. The third kappa shape index (κ3) is 6.50. The Morgan fingerprint density at radius 1 is 1.15 bits per heavy atom. The fraction of sp³-hybridized carbons (Fsp3) is 0.316. The van der Waals surface area contributed by atoms with Crippen LogP contribution in [0.25, 0.3) is 0 Å². The van der Waals surface area contributed by atoms with Gasteiger partial charge >= 0.3 is 11.8 Å². The largest absolute Gasteiger partial charge is 0.490 e. The van der Waals surface area contributed by atoms with Crippen LogP contribution in [0.3, 0.4) is 0 Å². The summed E-state index contributed by atoms with van der Waals surface area (Å²) >= 11 is 0. The first-order chi connectivity index (χ1) is 13.1. The van der Waals surface area contributed by atoms with Crippen molar-refractivity contribution in [1.82, 2.24) is 10.7 Å². The van der Waals surface area contributed by atoms with Crippen molar-refractivity contribution in [3.05, 3.63) is 47.9 Å². The highest BCUT2D eigenvalue weighted by Crippen LogP contribution is 2.28. The molecule has 144 valence electrons. The maximum absolute atomic E-state index is 11.7. The minimum absolute atomic E-state index is 0.125. The van der Waals surface area contributed by atoms with E-state index in [4.69, 9.17) is 13.9 Å². The second-order valence-corrected chi connectivity index (χ2v) is 5.45. The number of hydrazone groups is 1. The number of carbonyl (C=O) groups excluding carboxylic acids is 2. The van der Waals surface area contributed by atoms with Crippen LogP contribution in [0, 0.1) is 0 Å². The number of hydrogen-bond donors (Lipinski definition) is 2. The van der Waals surface area contributed by atoms with Gasteiger partial charge in [0.15, 0.2) is 11.5 Å². The summed E-state index contributed by atoms with van der Waals surface area (Å²) in [5.41, 5.74) is 2.87. The zero-order valence-corrected chi connectivity index (χ0v) is 15.4. The van der Waals surface area contributed by atoms with Crippen molar-refractivity contribution < 1.29 is 23.5 Å². The van der Waals surface area contributed by atoms with E-state index >= 15 is 0 Å². The molecule has 0 bridgehead atoms. The van der Waals surface area contributed by atoms with Gasteiger partial charge in [-0.1, -0.05) is 6.92 Å². The number of furan rings is 1. The Kier molecular flexibility index (Phi) is 7.90. The number of rotatable bonds is 9. The van der Waals surface area contributed by atoms with Crippen LogP contribution in [0.15, 0.2) is 46.1 Å². The minimum Gasteiger partial charge on any atom is -0.490 e. The van der Waals surface area contributed by atoms with Crippen LogP contribution in [0.4, 0.5) is 0 Å². The second-order valence-electron chi connectivity index (χ2n) is 5.45. The van der Waals surface area contributed by atoms with Crippen molar-refractivity contribution in [3.63, 3.8) is 0 Å². The Labute approximate surface area is 157 Å². The fourth-order valence-electron chi connectivity index (χ4n) is 2.08. The van der Waals surface area contributed by atoms with E-state index in [0.29, 0.717) is 36.0 Å². The summed E-state index contributed by atoms with van der Waals surface area (Å²) in [6.45, 7) is 5.12. The van der Waals surface area contributed by atoms with Crippen molar-refractivity contribution in [3.8, 4) is 11.5 Å². The molecule has 0 aliphatic rings. The number of benzene rings is 1. The lowest BCUT2D eigenvalue weighted by Gasteiger charge is -2.11. The maximum atomic E-state index is 11.7. The van der Waals surface area contributed by atoms with Crippen LogP contribution < -0.4 is 20.2 Å². The molecule has 1 aromatic heterocycles. The van der Waals surface area contributed by atoms with Crippen LogP contribution in [-0.2, 0) is 16.1 Å². The molecule has 2 N–H and O–H groups in total. The molecule has 0 aliphatic carbocycles. The lowest BCUT2D eigenvalue weighted by molar-refractivity contribution is -0.139. The minimum atomic E-state index is -0.870. The Hall–Kier alpha value is -3.29. The first kappa shape index (κ1) is 20.0. The molecule has 8 heteroatoms. The molecule has 0 unspecified atom stereocenters. The lowest BCUT2D eigenvalue weighted by atomic mass is 10.2. The molecule has 8 nitrogen and oxygen atoms in total. The van der Waals surface area contributed by atoms with Crippen LogP contribution in [0.2, 0.25) is 0 Å². The molecule has 0 spiro atoms. The van der Waals surface area contributed by atoms with Crippen molar-refractivity contribution in [1.29, 1.82) is 0 Å².